The van der Waals surface area contributed by atoms with E-state index < -0.39 is 28.6 Å². The molecule has 1 atom stereocenters. The predicted molar refractivity (Wildman–Crippen MR) is 120 cm³/mol. The van der Waals surface area contributed by atoms with E-state index in [1.807, 2.05) is 18.2 Å². The van der Waals surface area contributed by atoms with E-state index in [9.17, 15) is 19.2 Å². The molecule has 0 saturated heterocycles. The number of fused-ring (bicyclic) bond motifs is 1. The van der Waals surface area contributed by atoms with Crippen molar-refractivity contribution >= 4 is 34.4 Å². The van der Waals surface area contributed by atoms with Crippen LogP contribution in [0, 0.1) is 5.41 Å². The van der Waals surface area contributed by atoms with Gasteiger partial charge >= 0.3 is 11.9 Å². The van der Waals surface area contributed by atoms with Crippen LogP contribution in [0.2, 0.25) is 0 Å². The Balaban J connectivity index is 2.41. The number of carbonyl (C=O) groups excluding carboxylic acids is 4. The molecule has 0 radical (unpaired) electrons. The first-order chi connectivity index (χ1) is 15.0. The van der Waals surface area contributed by atoms with Crippen molar-refractivity contribution in [2.45, 2.75) is 65.9 Å². The Hall–Kier alpha value is -3.09. The number of rotatable bonds is 10. The van der Waals surface area contributed by atoms with Gasteiger partial charge in [0.15, 0.2) is 17.0 Å². The number of para-hydroxylation sites is 1. The zero-order chi connectivity index (χ0) is 23.9. The molecule has 0 aliphatic rings. The van der Waals surface area contributed by atoms with Crippen molar-refractivity contribution in [3.63, 3.8) is 0 Å². The average molecular weight is 442 g/mol. The molecule has 1 heterocycles. The molecule has 0 aliphatic heterocycles. The lowest BCUT2D eigenvalue weighted by atomic mass is 9.73. The van der Waals surface area contributed by atoms with Gasteiger partial charge in [-0.1, -0.05) is 24.6 Å². The number of hydrogen-bond donors (Lipinski definition) is 0. The van der Waals surface area contributed by atoms with Gasteiger partial charge in [0.25, 0.3) is 0 Å². The monoisotopic (exact) mass is 441 g/mol. The Morgan fingerprint density at radius 2 is 1.72 bits per heavy atom. The van der Waals surface area contributed by atoms with E-state index in [1.54, 1.807) is 39.8 Å². The number of esters is 2. The summed E-state index contributed by atoms with van der Waals surface area (Å²) >= 11 is 0. The zero-order valence-corrected chi connectivity index (χ0v) is 19.4. The normalized spacial score (nSPS) is 13.3. The fourth-order valence-corrected chi connectivity index (χ4v) is 3.49. The highest BCUT2D eigenvalue weighted by Crippen LogP contribution is 2.35. The van der Waals surface area contributed by atoms with Crippen LogP contribution in [-0.2, 0) is 23.9 Å². The molecule has 172 valence electrons. The molecule has 0 aliphatic carbocycles. The largest absolute Gasteiger partial charge is 0.466 e. The number of aromatic nitrogens is 1. The topological polar surface area (TPSA) is 99.6 Å². The molecule has 7 nitrogen and oxygen atoms in total. The third kappa shape index (κ3) is 5.99. The van der Waals surface area contributed by atoms with Gasteiger partial charge in [0, 0.05) is 23.6 Å². The third-order valence-electron chi connectivity index (χ3n) is 5.08. The summed E-state index contributed by atoms with van der Waals surface area (Å²) in [6, 6.07) is 8.90. The van der Waals surface area contributed by atoms with Crippen LogP contribution in [0.1, 0.15) is 70.7 Å². The minimum absolute atomic E-state index is 0.0672. The first-order valence-corrected chi connectivity index (χ1v) is 10.8. The van der Waals surface area contributed by atoms with E-state index in [4.69, 9.17) is 9.47 Å². The molecule has 0 amide bonds. The summed E-state index contributed by atoms with van der Waals surface area (Å²) < 4.78 is 10.4. The number of Topliss-reactive ketones (excluding diaryl/α,β-unsaturated/α-hetero) is 2. The van der Waals surface area contributed by atoms with Crippen molar-refractivity contribution in [3.8, 4) is 0 Å². The van der Waals surface area contributed by atoms with Crippen LogP contribution >= 0.6 is 0 Å². The second-order valence-corrected chi connectivity index (χ2v) is 8.72. The molecule has 0 fully saturated rings. The van der Waals surface area contributed by atoms with Crippen molar-refractivity contribution in [1.29, 1.82) is 0 Å². The molecule has 0 saturated carbocycles. The molecule has 1 aromatic carbocycles. The van der Waals surface area contributed by atoms with Gasteiger partial charge < -0.3 is 9.47 Å². The maximum Gasteiger partial charge on any atom is 0.328 e. The highest BCUT2D eigenvalue weighted by Gasteiger charge is 2.52. The van der Waals surface area contributed by atoms with Gasteiger partial charge in [-0.2, -0.15) is 0 Å². The summed E-state index contributed by atoms with van der Waals surface area (Å²) in [5, 5.41) is 0.724. The van der Waals surface area contributed by atoms with Crippen LogP contribution in [-0.4, -0.2) is 40.7 Å². The van der Waals surface area contributed by atoms with Crippen molar-refractivity contribution in [1.82, 2.24) is 4.98 Å². The molecule has 7 heteroatoms. The van der Waals surface area contributed by atoms with Gasteiger partial charge in [0.05, 0.1) is 12.1 Å². The number of ketones is 2. The Labute approximate surface area is 188 Å². The quantitative estimate of drug-likeness (QED) is 0.232. The second kappa shape index (κ2) is 10.5. The van der Waals surface area contributed by atoms with E-state index in [-0.39, 0.29) is 31.0 Å². The van der Waals surface area contributed by atoms with Crippen LogP contribution in [0.25, 0.3) is 10.9 Å². The Bertz CT molecular complexity index is 1010. The number of benzene rings is 1. The summed E-state index contributed by atoms with van der Waals surface area (Å²) in [6.45, 7) is 8.26. The van der Waals surface area contributed by atoms with Crippen LogP contribution in [0.5, 0.6) is 0 Å². The molecular weight excluding hydrogens is 410 g/mol. The Morgan fingerprint density at radius 1 is 1.03 bits per heavy atom. The number of pyridine rings is 1. The van der Waals surface area contributed by atoms with Crippen LogP contribution < -0.4 is 0 Å². The van der Waals surface area contributed by atoms with Crippen molar-refractivity contribution < 1.29 is 28.7 Å². The highest BCUT2D eigenvalue weighted by molar-refractivity contribution is 6.27. The lowest BCUT2D eigenvalue weighted by Gasteiger charge is -2.31. The lowest BCUT2D eigenvalue weighted by molar-refractivity contribution is -0.167. The molecule has 0 spiro atoms. The number of hydrogen-bond acceptors (Lipinski definition) is 7. The number of nitrogens with zero attached hydrogens (tertiary/aromatic N) is 1. The van der Waals surface area contributed by atoms with E-state index >= 15 is 0 Å². The standard InChI is InChI=1S/C25H31NO6/c1-6-31-21(28)13-9-10-14-25(17(2)27,23(30)32-24(3,4)5)22(29)19-15-18-11-7-8-12-20(18)26-16-19/h7-8,11-12,15-16H,6,9-10,13-14H2,1-5H3. The van der Waals surface area contributed by atoms with Gasteiger partial charge in [0.1, 0.15) is 5.60 Å². The van der Waals surface area contributed by atoms with Crippen molar-refractivity contribution in [2.75, 3.05) is 6.61 Å². The summed E-state index contributed by atoms with van der Waals surface area (Å²) in [6.07, 6.45) is 2.12. The zero-order valence-electron chi connectivity index (χ0n) is 19.4. The Morgan fingerprint density at radius 3 is 2.34 bits per heavy atom. The van der Waals surface area contributed by atoms with E-state index in [0.29, 0.717) is 18.4 Å². The average Bonchev–Trinajstić information content (AvgIpc) is 2.71. The minimum Gasteiger partial charge on any atom is -0.466 e. The van der Waals surface area contributed by atoms with Gasteiger partial charge in [-0.25, -0.2) is 0 Å². The molecule has 1 unspecified atom stereocenters. The molecule has 2 aromatic rings. The minimum atomic E-state index is -2.01. The van der Waals surface area contributed by atoms with Crippen molar-refractivity contribution in [2.24, 2.45) is 5.41 Å². The smallest absolute Gasteiger partial charge is 0.328 e. The Kier molecular flexibility index (Phi) is 8.25. The van der Waals surface area contributed by atoms with E-state index in [2.05, 4.69) is 4.98 Å². The first kappa shape index (κ1) is 25.2. The molecular formula is C25H31NO6. The summed E-state index contributed by atoms with van der Waals surface area (Å²) in [5.41, 5.74) is -2.03. The van der Waals surface area contributed by atoms with Crippen molar-refractivity contribution in [3.05, 3.63) is 42.1 Å². The molecule has 0 N–H and O–H groups in total. The molecule has 1 aromatic heterocycles. The summed E-state index contributed by atoms with van der Waals surface area (Å²) in [7, 11) is 0. The predicted octanol–water partition coefficient (Wildman–Crippen LogP) is 4.46. The summed E-state index contributed by atoms with van der Waals surface area (Å²) in [5.74, 6) is -2.48. The van der Waals surface area contributed by atoms with Gasteiger partial charge in [0.2, 0.25) is 0 Å². The number of ether oxygens (including phenoxy) is 2. The molecule has 32 heavy (non-hydrogen) atoms. The molecule has 2 rings (SSSR count). The number of unbranched alkanes of at least 4 members (excludes halogenated alkanes) is 1. The maximum atomic E-state index is 13.7. The first-order valence-electron chi connectivity index (χ1n) is 10.8. The van der Waals surface area contributed by atoms with E-state index in [1.165, 1.54) is 13.1 Å². The van der Waals surface area contributed by atoms with Gasteiger partial charge in [-0.3, -0.25) is 24.2 Å². The number of carbonyl (C=O) groups is 4. The fraction of sp³-hybridized carbons (Fsp3) is 0.480. The van der Waals surface area contributed by atoms with Crippen LogP contribution in [0.3, 0.4) is 0 Å². The van der Waals surface area contributed by atoms with Crippen LogP contribution in [0.4, 0.5) is 0 Å². The van der Waals surface area contributed by atoms with Crippen LogP contribution in [0.15, 0.2) is 36.5 Å². The highest BCUT2D eigenvalue weighted by atomic mass is 16.6. The third-order valence-corrected chi connectivity index (χ3v) is 5.08. The lowest BCUT2D eigenvalue weighted by Crippen LogP contribution is -2.48. The maximum absolute atomic E-state index is 13.7. The van der Waals surface area contributed by atoms with Gasteiger partial charge in [-0.05, 0) is 59.6 Å². The SMILES string of the molecule is CCOC(=O)CCCCC(C(C)=O)(C(=O)OC(C)(C)C)C(=O)c1cnc2ccccc2c1. The van der Waals surface area contributed by atoms with Gasteiger partial charge in [-0.15, -0.1) is 0 Å². The summed E-state index contributed by atoms with van der Waals surface area (Å²) in [4.78, 5) is 55.7. The molecule has 0 bridgehead atoms. The second-order valence-electron chi connectivity index (χ2n) is 8.72. The fourth-order valence-electron chi connectivity index (χ4n) is 3.49. The van der Waals surface area contributed by atoms with E-state index in [0.717, 1.165) is 5.39 Å².